The maximum Gasteiger partial charge on any atom is 0.430 e. The molecule has 0 spiro atoms. The van der Waals surface area contributed by atoms with Gasteiger partial charge >= 0.3 is 6.18 Å². The van der Waals surface area contributed by atoms with Crippen molar-refractivity contribution in [2.24, 2.45) is 21.8 Å². The zero-order valence-electron chi connectivity index (χ0n) is 20.6. The normalized spacial score (nSPS) is 18.2. The number of rotatable bonds is 9. The number of alkyl halides is 3. The van der Waals surface area contributed by atoms with Crippen LogP contribution in [0, 0.1) is 24.2 Å². The molecule has 1 amide bonds. The van der Waals surface area contributed by atoms with Crippen LogP contribution in [-0.4, -0.2) is 50.1 Å². The predicted octanol–water partition coefficient (Wildman–Crippen LogP) is 5.13. The van der Waals surface area contributed by atoms with Crippen LogP contribution < -0.4 is 10.6 Å². The Balaban J connectivity index is 3.25. The van der Waals surface area contributed by atoms with E-state index in [1.54, 1.807) is 19.1 Å². The Hall–Kier alpha value is -2.57. The number of aliphatic imine (C=N–C) groups is 2. The van der Waals surface area contributed by atoms with Gasteiger partial charge in [0, 0.05) is 19.8 Å². The Labute approximate surface area is 210 Å². The SMILES string of the molecule is C#CCN=C(/N=C(\C(C)C(=O)NCC1CCOCC1)C(F)(F)F)NC(=C/C)/C(Cl)=C(\C=C/C)CC. The first-order valence-corrected chi connectivity index (χ1v) is 11.9. The molecule has 0 aromatic carbocycles. The number of ether oxygens (including phenoxy) is 1. The molecule has 1 aliphatic heterocycles. The first-order chi connectivity index (χ1) is 16.6. The van der Waals surface area contributed by atoms with Crippen molar-refractivity contribution in [1.82, 2.24) is 10.6 Å². The molecule has 0 aromatic heterocycles. The summed E-state index contributed by atoms with van der Waals surface area (Å²) in [5.41, 5.74) is -0.198. The largest absolute Gasteiger partial charge is 0.430 e. The van der Waals surface area contributed by atoms with Crippen molar-refractivity contribution in [2.75, 3.05) is 26.3 Å². The number of terminal acetylenes is 1. The summed E-state index contributed by atoms with van der Waals surface area (Å²) in [5, 5.41) is 5.68. The molecule has 194 valence electrons. The van der Waals surface area contributed by atoms with E-state index < -0.39 is 23.7 Å². The highest BCUT2D eigenvalue weighted by Crippen LogP contribution is 2.25. The molecule has 6 nitrogen and oxygen atoms in total. The molecule has 2 N–H and O–H groups in total. The number of carbonyl (C=O) groups excluding carboxylic acids is 1. The van der Waals surface area contributed by atoms with Crippen LogP contribution in [0.5, 0.6) is 0 Å². The second-order valence-corrected chi connectivity index (χ2v) is 8.26. The molecule has 1 saturated heterocycles. The molecule has 35 heavy (non-hydrogen) atoms. The molecule has 1 fully saturated rings. The zero-order chi connectivity index (χ0) is 26.4. The number of carbonyl (C=O) groups is 1. The lowest BCUT2D eigenvalue weighted by Gasteiger charge is -2.24. The summed E-state index contributed by atoms with van der Waals surface area (Å²) in [6.45, 7) is 7.78. The highest BCUT2D eigenvalue weighted by atomic mass is 35.5. The van der Waals surface area contributed by atoms with Crippen LogP contribution in [0.2, 0.25) is 0 Å². The minimum atomic E-state index is -4.87. The van der Waals surface area contributed by atoms with Gasteiger partial charge in [0.1, 0.15) is 12.3 Å². The van der Waals surface area contributed by atoms with Crippen molar-refractivity contribution in [3.8, 4) is 12.3 Å². The van der Waals surface area contributed by atoms with E-state index >= 15 is 0 Å². The van der Waals surface area contributed by atoms with Crippen LogP contribution in [0.3, 0.4) is 0 Å². The molecule has 0 bridgehead atoms. The number of amides is 1. The molecule has 1 unspecified atom stereocenters. The first kappa shape index (κ1) is 30.5. The molecule has 1 aliphatic rings. The van der Waals surface area contributed by atoms with E-state index in [9.17, 15) is 18.0 Å². The fraction of sp³-hybridized carbons (Fsp3) is 0.560. The summed E-state index contributed by atoms with van der Waals surface area (Å²) in [4.78, 5) is 20.3. The summed E-state index contributed by atoms with van der Waals surface area (Å²) in [6, 6.07) is 0. The third-order valence-corrected chi connectivity index (χ3v) is 5.79. The average Bonchev–Trinajstić information content (AvgIpc) is 2.84. The molecular weight excluding hydrogens is 481 g/mol. The van der Waals surface area contributed by atoms with Crippen molar-refractivity contribution in [2.45, 2.75) is 53.1 Å². The van der Waals surface area contributed by atoms with Gasteiger partial charge in [-0.15, -0.1) is 6.42 Å². The average molecular weight is 515 g/mol. The summed E-state index contributed by atoms with van der Waals surface area (Å²) in [6.07, 6.45) is 7.68. The van der Waals surface area contributed by atoms with Crippen LogP contribution in [0.1, 0.15) is 47.0 Å². The van der Waals surface area contributed by atoms with Gasteiger partial charge in [0.25, 0.3) is 0 Å². The van der Waals surface area contributed by atoms with E-state index in [1.165, 1.54) is 0 Å². The van der Waals surface area contributed by atoms with Gasteiger partial charge in [-0.25, -0.2) is 9.98 Å². The van der Waals surface area contributed by atoms with Crippen LogP contribution in [0.4, 0.5) is 13.2 Å². The number of halogens is 4. The Morgan fingerprint density at radius 2 is 1.97 bits per heavy atom. The Bertz CT molecular complexity index is 909. The summed E-state index contributed by atoms with van der Waals surface area (Å²) in [5.74, 6) is -0.310. The highest BCUT2D eigenvalue weighted by Gasteiger charge is 2.42. The molecule has 0 saturated carbocycles. The lowest BCUT2D eigenvalue weighted by molar-refractivity contribution is -0.124. The van der Waals surface area contributed by atoms with Gasteiger partial charge in [0.15, 0.2) is 0 Å². The number of nitrogens with zero attached hydrogens (tertiary/aromatic N) is 2. The van der Waals surface area contributed by atoms with Gasteiger partial charge in [-0.05, 0) is 51.5 Å². The molecular formula is C25H34ClF3N4O2. The second kappa shape index (κ2) is 15.4. The van der Waals surface area contributed by atoms with Crippen molar-refractivity contribution < 1.29 is 22.7 Å². The van der Waals surface area contributed by atoms with Crippen LogP contribution >= 0.6 is 11.6 Å². The molecule has 1 rings (SSSR count). The van der Waals surface area contributed by atoms with Gasteiger partial charge in [-0.3, -0.25) is 4.79 Å². The van der Waals surface area contributed by atoms with Crippen LogP contribution in [-0.2, 0) is 9.53 Å². The van der Waals surface area contributed by atoms with Crippen molar-refractivity contribution in [3.63, 3.8) is 0 Å². The number of hydrogen-bond donors (Lipinski definition) is 2. The van der Waals surface area contributed by atoms with E-state index in [0.29, 0.717) is 30.4 Å². The molecule has 10 heteroatoms. The van der Waals surface area contributed by atoms with E-state index in [-0.39, 0.29) is 25.0 Å². The third kappa shape index (κ3) is 10.3. The van der Waals surface area contributed by atoms with Crippen LogP contribution in [0.15, 0.2) is 44.5 Å². The van der Waals surface area contributed by atoms with Crippen molar-refractivity contribution >= 4 is 29.2 Å². The maximum atomic E-state index is 14.0. The summed E-state index contributed by atoms with van der Waals surface area (Å²) < 4.78 is 47.1. The number of nitrogens with one attached hydrogen (secondary N) is 2. The van der Waals surface area contributed by atoms with Crippen molar-refractivity contribution in [1.29, 1.82) is 0 Å². The topological polar surface area (TPSA) is 75.1 Å². The number of hydrogen-bond acceptors (Lipinski definition) is 3. The minimum absolute atomic E-state index is 0.164. The van der Waals surface area contributed by atoms with E-state index in [4.69, 9.17) is 22.8 Å². The summed E-state index contributed by atoms with van der Waals surface area (Å²) in [7, 11) is 0. The van der Waals surface area contributed by atoms with Crippen LogP contribution in [0.25, 0.3) is 0 Å². The lowest BCUT2D eigenvalue weighted by Crippen LogP contribution is -2.43. The van der Waals surface area contributed by atoms with Gasteiger partial charge in [0.05, 0.1) is 16.6 Å². The standard InChI is InChI=1S/C25H34ClF3N4O2/c1-6-10-19(8-3)21(26)20(9-4)32-24(30-13-7-2)33-22(25(27,28)29)17(5)23(34)31-16-18-11-14-35-15-12-18/h2,6,9-10,17-18H,8,11-16H2,1,3-5H3,(H,30,32)(H,31,34)/b10-6-,20-9+,21-19+,33-22+. The molecule has 1 atom stereocenters. The van der Waals surface area contributed by atoms with Gasteiger partial charge in [-0.1, -0.05) is 42.7 Å². The molecule has 0 radical (unpaired) electrons. The minimum Gasteiger partial charge on any atom is -0.381 e. The van der Waals surface area contributed by atoms with Crippen molar-refractivity contribution in [3.05, 3.63) is 34.5 Å². The van der Waals surface area contributed by atoms with Gasteiger partial charge < -0.3 is 15.4 Å². The maximum absolute atomic E-state index is 14.0. The number of guanidine groups is 1. The van der Waals surface area contributed by atoms with Gasteiger partial charge in [0.2, 0.25) is 11.9 Å². The van der Waals surface area contributed by atoms with Gasteiger partial charge in [-0.2, -0.15) is 13.2 Å². The monoisotopic (exact) mass is 514 g/mol. The van der Waals surface area contributed by atoms with E-state index in [0.717, 1.165) is 25.3 Å². The zero-order valence-corrected chi connectivity index (χ0v) is 21.4. The predicted molar refractivity (Wildman–Crippen MR) is 135 cm³/mol. The smallest absolute Gasteiger partial charge is 0.381 e. The first-order valence-electron chi connectivity index (χ1n) is 11.5. The molecule has 0 aromatic rings. The lowest BCUT2D eigenvalue weighted by atomic mass is 9.99. The fourth-order valence-electron chi connectivity index (χ4n) is 3.31. The molecule has 0 aliphatic carbocycles. The Morgan fingerprint density at radius 1 is 1.31 bits per heavy atom. The Morgan fingerprint density at radius 3 is 2.49 bits per heavy atom. The second-order valence-electron chi connectivity index (χ2n) is 7.88. The third-order valence-electron chi connectivity index (χ3n) is 5.35. The van der Waals surface area contributed by atoms with E-state index in [1.807, 2.05) is 19.9 Å². The quantitative estimate of drug-likeness (QED) is 0.194. The summed E-state index contributed by atoms with van der Waals surface area (Å²) >= 11 is 6.48. The fourth-order valence-corrected chi connectivity index (χ4v) is 3.66. The van der Waals surface area contributed by atoms with E-state index in [2.05, 4.69) is 26.5 Å². The number of allylic oxidation sites excluding steroid dienone is 5. The Kier molecular flexibility index (Phi) is 13.4. The molecule has 1 heterocycles. The highest BCUT2D eigenvalue weighted by molar-refractivity contribution is 6.32.